The summed E-state index contributed by atoms with van der Waals surface area (Å²) in [5.74, 6) is 0. The van der Waals surface area contributed by atoms with Crippen molar-refractivity contribution in [3.8, 4) is 0 Å². The highest BCUT2D eigenvalue weighted by atomic mass is 32.2. The molecule has 2 atom stereocenters. The van der Waals surface area contributed by atoms with E-state index in [2.05, 4.69) is 5.32 Å². The van der Waals surface area contributed by atoms with Crippen molar-refractivity contribution in [2.24, 2.45) is 0 Å². The number of hydrogen-bond donors (Lipinski definition) is 1. The minimum atomic E-state index is -3.30. The largest absolute Gasteiger partial charge is 0.309 e. The zero-order chi connectivity index (χ0) is 14.0. The minimum absolute atomic E-state index is 0.124. The first kappa shape index (κ1) is 13.3. The average molecular weight is 287 g/mol. The predicted molar refractivity (Wildman–Crippen MR) is 79.2 cm³/mol. The number of benzene rings is 2. The fraction of sp³-hybridized carbons (Fsp3) is 0.250. The second kappa shape index (κ2) is 5.38. The molecule has 0 unspecified atom stereocenters. The second-order valence-corrected chi connectivity index (χ2v) is 7.19. The quantitative estimate of drug-likeness (QED) is 0.943. The molecule has 0 bridgehead atoms. The summed E-state index contributed by atoms with van der Waals surface area (Å²) in [6, 6.07) is 18.4. The van der Waals surface area contributed by atoms with Gasteiger partial charge in [-0.1, -0.05) is 48.5 Å². The standard InChI is InChI=1S/C16H17NO2S/c18-20(19,14-9-5-2-6-10-14)15-11-12-17-16(15)13-7-3-1-4-8-13/h1-10,15-17H,11-12H2/t15-,16-/m0/s1. The molecule has 0 aromatic heterocycles. The molecule has 3 rings (SSSR count). The molecule has 1 aliphatic heterocycles. The van der Waals surface area contributed by atoms with E-state index in [9.17, 15) is 8.42 Å². The van der Waals surface area contributed by atoms with Gasteiger partial charge in [-0.2, -0.15) is 0 Å². The normalized spacial score (nSPS) is 22.8. The third-order valence-electron chi connectivity index (χ3n) is 3.79. The Morgan fingerprint density at radius 2 is 1.50 bits per heavy atom. The molecule has 1 saturated heterocycles. The van der Waals surface area contributed by atoms with E-state index in [1.807, 2.05) is 36.4 Å². The van der Waals surface area contributed by atoms with Gasteiger partial charge in [-0.3, -0.25) is 0 Å². The molecule has 0 spiro atoms. The van der Waals surface area contributed by atoms with Gasteiger partial charge in [-0.15, -0.1) is 0 Å². The van der Waals surface area contributed by atoms with Crippen LogP contribution in [0.2, 0.25) is 0 Å². The van der Waals surface area contributed by atoms with E-state index in [1.165, 1.54) is 0 Å². The van der Waals surface area contributed by atoms with Crippen molar-refractivity contribution >= 4 is 9.84 Å². The van der Waals surface area contributed by atoms with Crippen LogP contribution in [0.4, 0.5) is 0 Å². The van der Waals surface area contributed by atoms with Crippen molar-refractivity contribution in [3.63, 3.8) is 0 Å². The van der Waals surface area contributed by atoms with Gasteiger partial charge in [0.25, 0.3) is 0 Å². The lowest BCUT2D eigenvalue weighted by Gasteiger charge is -2.20. The van der Waals surface area contributed by atoms with Gasteiger partial charge in [0.15, 0.2) is 9.84 Å². The summed E-state index contributed by atoms with van der Waals surface area (Å²) >= 11 is 0. The van der Waals surface area contributed by atoms with Crippen LogP contribution in [-0.4, -0.2) is 20.2 Å². The zero-order valence-electron chi connectivity index (χ0n) is 11.1. The molecule has 104 valence electrons. The number of rotatable bonds is 3. The van der Waals surface area contributed by atoms with Crippen LogP contribution in [0.25, 0.3) is 0 Å². The molecule has 2 aromatic carbocycles. The summed E-state index contributed by atoms with van der Waals surface area (Å²) in [5, 5.41) is 2.92. The summed E-state index contributed by atoms with van der Waals surface area (Å²) in [6.45, 7) is 0.732. The van der Waals surface area contributed by atoms with E-state index >= 15 is 0 Å². The third kappa shape index (κ3) is 2.37. The lowest BCUT2D eigenvalue weighted by Crippen LogP contribution is -2.28. The molecule has 1 fully saturated rings. The minimum Gasteiger partial charge on any atom is -0.309 e. The van der Waals surface area contributed by atoms with Gasteiger partial charge in [0.2, 0.25) is 0 Å². The molecule has 1 N–H and O–H groups in total. The first-order valence-corrected chi connectivity index (χ1v) is 8.31. The maximum atomic E-state index is 12.8. The number of nitrogens with one attached hydrogen (secondary N) is 1. The van der Waals surface area contributed by atoms with Crippen LogP contribution in [0.5, 0.6) is 0 Å². The highest BCUT2D eigenvalue weighted by Crippen LogP contribution is 2.32. The van der Waals surface area contributed by atoms with Gasteiger partial charge in [0.05, 0.1) is 10.1 Å². The molecule has 0 saturated carbocycles. The molecule has 20 heavy (non-hydrogen) atoms. The Morgan fingerprint density at radius 1 is 0.900 bits per heavy atom. The zero-order valence-corrected chi connectivity index (χ0v) is 11.9. The van der Waals surface area contributed by atoms with Crippen molar-refractivity contribution in [1.82, 2.24) is 5.32 Å². The fourth-order valence-corrected chi connectivity index (χ4v) is 4.72. The Labute approximate surface area is 119 Å². The van der Waals surface area contributed by atoms with Gasteiger partial charge in [0.1, 0.15) is 0 Å². The highest BCUT2D eigenvalue weighted by Gasteiger charge is 2.38. The van der Waals surface area contributed by atoms with Crippen molar-refractivity contribution in [2.75, 3.05) is 6.54 Å². The van der Waals surface area contributed by atoms with Crippen LogP contribution in [0.3, 0.4) is 0 Å². The maximum absolute atomic E-state index is 12.8. The van der Waals surface area contributed by atoms with Gasteiger partial charge in [-0.05, 0) is 30.7 Å². The average Bonchev–Trinajstić information content (AvgIpc) is 2.99. The van der Waals surface area contributed by atoms with Crippen LogP contribution in [0.1, 0.15) is 18.0 Å². The third-order valence-corrected chi connectivity index (χ3v) is 6.03. The van der Waals surface area contributed by atoms with Gasteiger partial charge >= 0.3 is 0 Å². The Hall–Kier alpha value is -1.65. The first-order valence-electron chi connectivity index (χ1n) is 6.77. The SMILES string of the molecule is O=S(=O)(c1ccccc1)[C@H]1CCN[C@H]1c1ccccc1. The van der Waals surface area contributed by atoms with Crippen LogP contribution < -0.4 is 5.32 Å². The van der Waals surface area contributed by atoms with E-state index in [-0.39, 0.29) is 6.04 Å². The summed E-state index contributed by atoms with van der Waals surface area (Å²) in [6.07, 6.45) is 0.650. The van der Waals surface area contributed by atoms with E-state index in [0.29, 0.717) is 11.3 Å². The molecular weight excluding hydrogens is 270 g/mol. The smallest absolute Gasteiger partial charge is 0.183 e. The maximum Gasteiger partial charge on any atom is 0.183 e. The highest BCUT2D eigenvalue weighted by molar-refractivity contribution is 7.92. The predicted octanol–water partition coefficient (Wildman–Crippen LogP) is 2.56. The molecule has 4 heteroatoms. The number of hydrogen-bond acceptors (Lipinski definition) is 3. The molecule has 0 amide bonds. The van der Waals surface area contributed by atoms with Crippen molar-refractivity contribution < 1.29 is 8.42 Å². The topological polar surface area (TPSA) is 46.2 Å². The van der Waals surface area contributed by atoms with Crippen LogP contribution in [0, 0.1) is 0 Å². The summed E-state index contributed by atoms with van der Waals surface area (Å²) < 4.78 is 25.6. The van der Waals surface area contributed by atoms with Crippen molar-refractivity contribution in [1.29, 1.82) is 0 Å². The van der Waals surface area contributed by atoms with E-state index < -0.39 is 15.1 Å². The molecule has 1 aliphatic rings. The first-order chi connectivity index (χ1) is 9.69. The summed E-state index contributed by atoms with van der Waals surface area (Å²) in [4.78, 5) is 0.412. The molecule has 0 aliphatic carbocycles. The molecule has 3 nitrogen and oxygen atoms in total. The Bertz CT molecular complexity index is 668. The molecule has 1 heterocycles. The summed E-state index contributed by atoms with van der Waals surface area (Å²) in [7, 11) is -3.30. The van der Waals surface area contributed by atoms with Crippen molar-refractivity contribution in [3.05, 3.63) is 66.2 Å². The molecular formula is C16H17NO2S. The Morgan fingerprint density at radius 3 is 2.15 bits per heavy atom. The lowest BCUT2D eigenvalue weighted by atomic mass is 10.1. The number of sulfone groups is 1. The fourth-order valence-electron chi connectivity index (χ4n) is 2.79. The molecule has 0 radical (unpaired) electrons. The van der Waals surface area contributed by atoms with Crippen LogP contribution in [-0.2, 0) is 9.84 Å². The lowest BCUT2D eigenvalue weighted by molar-refractivity contribution is 0.561. The second-order valence-electron chi connectivity index (χ2n) is 5.03. The van der Waals surface area contributed by atoms with Gasteiger partial charge in [-0.25, -0.2) is 8.42 Å². The van der Waals surface area contributed by atoms with Crippen LogP contribution >= 0.6 is 0 Å². The van der Waals surface area contributed by atoms with E-state index in [0.717, 1.165) is 12.1 Å². The summed E-state index contributed by atoms with van der Waals surface area (Å²) in [5.41, 5.74) is 1.04. The van der Waals surface area contributed by atoms with E-state index in [4.69, 9.17) is 0 Å². The van der Waals surface area contributed by atoms with Gasteiger partial charge in [0, 0.05) is 6.04 Å². The monoisotopic (exact) mass is 287 g/mol. The van der Waals surface area contributed by atoms with E-state index in [1.54, 1.807) is 24.3 Å². The van der Waals surface area contributed by atoms with Crippen molar-refractivity contribution in [2.45, 2.75) is 22.6 Å². The molecule has 2 aromatic rings. The Kier molecular flexibility index (Phi) is 3.59. The Balaban J connectivity index is 1.97. The van der Waals surface area contributed by atoms with Crippen LogP contribution in [0.15, 0.2) is 65.6 Å². The van der Waals surface area contributed by atoms with Gasteiger partial charge < -0.3 is 5.32 Å².